The van der Waals surface area contributed by atoms with E-state index in [-0.39, 0.29) is 5.78 Å². The van der Waals surface area contributed by atoms with Crippen molar-refractivity contribution in [3.05, 3.63) is 88.1 Å². The van der Waals surface area contributed by atoms with Gasteiger partial charge in [-0.2, -0.15) is 0 Å². The first-order valence-corrected chi connectivity index (χ1v) is 9.42. The maximum Gasteiger partial charge on any atom is 0.185 e. The van der Waals surface area contributed by atoms with Crippen LogP contribution in [-0.2, 0) is 4.79 Å². The minimum atomic E-state index is -0.0294. The number of allylic oxidation sites excluding steroid dienone is 8. The van der Waals surface area contributed by atoms with Crippen molar-refractivity contribution in [3.8, 4) is 0 Å². The second-order valence-electron chi connectivity index (χ2n) is 6.55. The number of rotatable bonds is 4. The number of carbonyl (C=O) groups excluding carboxylic acids is 1. The predicted octanol–water partition coefficient (Wildman–Crippen LogP) is 7.00. The molecule has 0 bridgehead atoms. The van der Waals surface area contributed by atoms with Crippen molar-refractivity contribution in [2.24, 2.45) is 0 Å². The lowest BCUT2D eigenvalue weighted by Crippen LogP contribution is -1.98. The van der Waals surface area contributed by atoms with Gasteiger partial charge in [0, 0.05) is 5.57 Å². The van der Waals surface area contributed by atoms with E-state index in [1.54, 1.807) is 0 Å². The molecule has 138 valence electrons. The average molecular weight is 349 g/mol. The molecule has 26 heavy (non-hydrogen) atoms. The Morgan fingerprint density at radius 2 is 1.62 bits per heavy atom. The van der Waals surface area contributed by atoms with Gasteiger partial charge in [-0.05, 0) is 75.0 Å². The Kier molecular flexibility index (Phi) is 8.78. The molecular formula is C25H32O. The van der Waals surface area contributed by atoms with Gasteiger partial charge in [0.15, 0.2) is 5.78 Å². The van der Waals surface area contributed by atoms with Gasteiger partial charge in [-0.3, -0.25) is 4.79 Å². The molecule has 0 saturated heterocycles. The summed E-state index contributed by atoms with van der Waals surface area (Å²) in [7, 11) is 0. The third-order valence-corrected chi connectivity index (χ3v) is 4.29. The monoisotopic (exact) mass is 348 g/mol. The number of benzene rings is 1. The molecule has 0 radical (unpaired) electrons. The molecule has 0 unspecified atom stereocenters. The Labute approximate surface area is 159 Å². The van der Waals surface area contributed by atoms with Crippen LogP contribution in [0.25, 0.3) is 6.08 Å². The molecule has 1 aliphatic carbocycles. The average Bonchev–Trinajstić information content (AvgIpc) is 2.58. The lowest BCUT2D eigenvalue weighted by atomic mass is 9.96. The summed E-state index contributed by atoms with van der Waals surface area (Å²) in [6.07, 6.45) is 13.7. The highest BCUT2D eigenvalue weighted by atomic mass is 16.1. The van der Waals surface area contributed by atoms with E-state index in [9.17, 15) is 4.79 Å². The van der Waals surface area contributed by atoms with E-state index < -0.39 is 0 Å². The Morgan fingerprint density at radius 1 is 1.00 bits per heavy atom. The van der Waals surface area contributed by atoms with E-state index in [1.165, 1.54) is 33.9 Å². The van der Waals surface area contributed by atoms with Crippen molar-refractivity contribution in [2.75, 3.05) is 0 Å². The van der Waals surface area contributed by atoms with E-state index in [4.69, 9.17) is 0 Å². The summed E-state index contributed by atoms with van der Waals surface area (Å²) >= 11 is 0. The van der Waals surface area contributed by atoms with Crippen LogP contribution in [0.4, 0.5) is 0 Å². The molecule has 0 aromatic heterocycles. The van der Waals surface area contributed by atoms with E-state index in [2.05, 4.69) is 64.6 Å². The van der Waals surface area contributed by atoms with Crippen LogP contribution in [0.3, 0.4) is 0 Å². The molecule has 1 aliphatic rings. The number of hydrogen-bond acceptors (Lipinski definition) is 1. The van der Waals surface area contributed by atoms with E-state index in [1.807, 2.05) is 26.0 Å². The van der Waals surface area contributed by atoms with Gasteiger partial charge in [0.2, 0.25) is 0 Å². The fourth-order valence-electron chi connectivity index (χ4n) is 3.09. The van der Waals surface area contributed by atoms with Crippen molar-refractivity contribution < 1.29 is 4.79 Å². The van der Waals surface area contributed by atoms with Gasteiger partial charge in [0.05, 0.1) is 0 Å². The first-order chi connectivity index (χ1) is 12.4. The Balaban J connectivity index is 0.00000163. The normalized spacial score (nSPS) is 18.3. The number of ketones is 1. The molecule has 0 aliphatic heterocycles. The summed E-state index contributed by atoms with van der Waals surface area (Å²) < 4.78 is 0. The van der Waals surface area contributed by atoms with Gasteiger partial charge in [-0.1, -0.05) is 68.0 Å². The van der Waals surface area contributed by atoms with Crippen molar-refractivity contribution >= 4 is 11.9 Å². The molecule has 1 heteroatoms. The third-order valence-electron chi connectivity index (χ3n) is 4.29. The standard InChI is InChI=1S/C23H26O.C2H6/c1-6-23(24)21-14-16(2)8-7-9-20(15-21)10-11-22-18(4)12-17(3)13-19(22)5;1-2/h6,9-15H,1,7-8H2,2-5H3;1-2H3/b11-10+,16-14?,20-9-,21-15+;. The van der Waals surface area contributed by atoms with Gasteiger partial charge < -0.3 is 0 Å². The fraction of sp³-hybridized carbons (Fsp3) is 0.320. The lowest BCUT2D eigenvalue weighted by Gasteiger charge is -2.09. The summed E-state index contributed by atoms with van der Waals surface area (Å²) in [5.74, 6) is -0.0294. The third kappa shape index (κ3) is 6.15. The van der Waals surface area contributed by atoms with Crippen molar-refractivity contribution in [1.82, 2.24) is 0 Å². The topological polar surface area (TPSA) is 17.1 Å². The highest BCUT2D eigenvalue weighted by Gasteiger charge is 2.07. The SMILES string of the molecule is C=CC(=O)/C1=C/C(/C=C/c2c(C)cc(C)cc2C)=C\CCC(C)=C1.CC. The van der Waals surface area contributed by atoms with Crippen LogP contribution >= 0.6 is 0 Å². The van der Waals surface area contributed by atoms with Crippen molar-refractivity contribution in [1.29, 1.82) is 0 Å². The zero-order valence-corrected chi connectivity index (χ0v) is 17.1. The van der Waals surface area contributed by atoms with Crippen LogP contribution in [-0.4, -0.2) is 5.78 Å². The molecule has 0 saturated carbocycles. The number of hydrogen-bond donors (Lipinski definition) is 0. The Bertz CT molecular complexity index is 759. The first-order valence-electron chi connectivity index (χ1n) is 9.42. The minimum absolute atomic E-state index is 0.0294. The van der Waals surface area contributed by atoms with Gasteiger partial charge >= 0.3 is 0 Å². The number of carbonyl (C=O) groups is 1. The van der Waals surface area contributed by atoms with Crippen LogP contribution in [0.1, 0.15) is 55.9 Å². The van der Waals surface area contributed by atoms with Crippen LogP contribution < -0.4 is 0 Å². The number of aryl methyl sites for hydroxylation is 3. The van der Waals surface area contributed by atoms with Crippen LogP contribution in [0, 0.1) is 20.8 Å². The zero-order chi connectivity index (χ0) is 19.7. The van der Waals surface area contributed by atoms with Crippen LogP contribution in [0.2, 0.25) is 0 Å². The molecule has 0 spiro atoms. The molecule has 1 nitrogen and oxygen atoms in total. The molecule has 2 rings (SSSR count). The minimum Gasteiger partial charge on any atom is -0.289 e. The second kappa shape index (κ2) is 10.6. The Morgan fingerprint density at radius 3 is 2.19 bits per heavy atom. The van der Waals surface area contributed by atoms with Gasteiger partial charge in [-0.25, -0.2) is 0 Å². The van der Waals surface area contributed by atoms with E-state index in [0.717, 1.165) is 18.4 Å². The summed E-state index contributed by atoms with van der Waals surface area (Å²) in [5, 5.41) is 0. The van der Waals surface area contributed by atoms with Crippen LogP contribution in [0.15, 0.2) is 65.8 Å². The molecule has 1 aromatic carbocycles. The van der Waals surface area contributed by atoms with Gasteiger partial charge in [-0.15, -0.1) is 0 Å². The molecular weight excluding hydrogens is 316 g/mol. The Hall–Kier alpha value is -2.41. The summed E-state index contributed by atoms with van der Waals surface area (Å²) in [4.78, 5) is 12.1. The predicted molar refractivity (Wildman–Crippen MR) is 115 cm³/mol. The zero-order valence-electron chi connectivity index (χ0n) is 17.1. The highest BCUT2D eigenvalue weighted by molar-refractivity contribution is 6.06. The van der Waals surface area contributed by atoms with Crippen LogP contribution in [0.5, 0.6) is 0 Å². The summed E-state index contributed by atoms with van der Waals surface area (Å²) in [5.41, 5.74) is 8.08. The van der Waals surface area contributed by atoms with E-state index >= 15 is 0 Å². The smallest absolute Gasteiger partial charge is 0.185 e. The van der Waals surface area contributed by atoms with Gasteiger partial charge in [0.1, 0.15) is 0 Å². The van der Waals surface area contributed by atoms with Gasteiger partial charge in [0.25, 0.3) is 0 Å². The molecule has 0 amide bonds. The quantitative estimate of drug-likeness (QED) is 0.535. The summed E-state index contributed by atoms with van der Waals surface area (Å²) in [6, 6.07) is 4.40. The molecule has 1 aromatic rings. The lowest BCUT2D eigenvalue weighted by molar-refractivity contribution is -0.111. The largest absolute Gasteiger partial charge is 0.289 e. The fourth-order valence-corrected chi connectivity index (χ4v) is 3.09. The summed E-state index contributed by atoms with van der Waals surface area (Å²) in [6.45, 7) is 16.1. The molecule has 0 heterocycles. The molecule has 0 fully saturated rings. The van der Waals surface area contributed by atoms with Crippen molar-refractivity contribution in [3.63, 3.8) is 0 Å². The molecule has 0 atom stereocenters. The second-order valence-corrected chi connectivity index (χ2v) is 6.55. The first kappa shape index (κ1) is 21.6. The van der Waals surface area contributed by atoms with Crippen molar-refractivity contribution in [2.45, 2.75) is 54.4 Å². The highest BCUT2D eigenvalue weighted by Crippen LogP contribution is 2.22. The maximum atomic E-state index is 12.1. The molecule has 0 N–H and O–H groups in total. The van der Waals surface area contributed by atoms with E-state index in [0.29, 0.717) is 5.57 Å². The maximum absolute atomic E-state index is 12.1.